The Balaban J connectivity index is 1.66. The Morgan fingerprint density at radius 1 is 1.10 bits per heavy atom. The molecule has 1 atom stereocenters. The van der Waals surface area contributed by atoms with Gasteiger partial charge in [-0.15, -0.1) is 0 Å². The number of carbonyl (C=O) groups is 1. The lowest BCUT2D eigenvalue weighted by molar-refractivity contribution is -0.138. The molecule has 2 aliphatic heterocycles. The molecule has 4 rings (SSSR count). The Morgan fingerprint density at radius 2 is 1.83 bits per heavy atom. The summed E-state index contributed by atoms with van der Waals surface area (Å²) in [5.74, 6) is 1.12. The highest BCUT2D eigenvalue weighted by Gasteiger charge is 2.46. The number of hydrogen-bond donors (Lipinski definition) is 2. The van der Waals surface area contributed by atoms with E-state index in [-0.39, 0.29) is 16.9 Å². The lowest BCUT2D eigenvalue weighted by Crippen LogP contribution is -2.56. The normalized spacial score (nSPS) is 23.0. The zero-order valence-corrected chi connectivity index (χ0v) is 17.5. The maximum atomic E-state index is 12.9. The maximum absolute atomic E-state index is 12.9. The first-order chi connectivity index (χ1) is 13.9. The monoisotopic (exact) mass is 390 g/mol. The van der Waals surface area contributed by atoms with Crippen LogP contribution in [0.3, 0.4) is 0 Å². The van der Waals surface area contributed by atoms with E-state index in [4.69, 9.17) is 4.99 Å². The van der Waals surface area contributed by atoms with Crippen LogP contribution in [-0.4, -0.2) is 35.3 Å². The first-order valence-corrected chi connectivity index (χ1v) is 10.4. The molecule has 1 unspecified atom stereocenters. The van der Waals surface area contributed by atoms with E-state index in [2.05, 4.69) is 41.0 Å². The van der Waals surface area contributed by atoms with Crippen molar-refractivity contribution in [2.24, 2.45) is 10.4 Å². The van der Waals surface area contributed by atoms with Crippen LogP contribution in [0.1, 0.15) is 38.3 Å². The second-order valence-corrected chi connectivity index (χ2v) is 9.09. The third kappa shape index (κ3) is 4.06. The van der Waals surface area contributed by atoms with Crippen molar-refractivity contribution in [3.05, 3.63) is 65.7 Å². The number of hydrogen-bond acceptors (Lipinski definition) is 3. The molecule has 2 aliphatic rings. The van der Waals surface area contributed by atoms with E-state index < -0.39 is 0 Å². The van der Waals surface area contributed by atoms with Crippen LogP contribution >= 0.6 is 0 Å². The molecule has 0 radical (unpaired) electrons. The van der Waals surface area contributed by atoms with Gasteiger partial charge in [-0.25, -0.2) is 0 Å². The molecule has 2 N–H and O–H groups in total. The molecule has 1 fully saturated rings. The number of aliphatic imine (C=N–C) groups is 1. The molecular weight excluding hydrogens is 360 g/mol. The minimum Gasteiger partial charge on any atom is -0.342 e. The smallest absolute Gasteiger partial charge is 0.228 e. The number of anilines is 1. The van der Waals surface area contributed by atoms with Crippen molar-refractivity contribution >= 4 is 17.4 Å². The summed E-state index contributed by atoms with van der Waals surface area (Å²) in [7, 11) is 0. The molecule has 0 bridgehead atoms. The van der Waals surface area contributed by atoms with E-state index in [9.17, 15) is 4.79 Å². The third-order valence-electron chi connectivity index (χ3n) is 5.80. The van der Waals surface area contributed by atoms with Crippen molar-refractivity contribution in [1.29, 1.82) is 0 Å². The average Bonchev–Trinajstić information content (AvgIpc) is 3.08. The topological polar surface area (TPSA) is 56.7 Å². The summed E-state index contributed by atoms with van der Waals surface area (Å²) in [6.07, 6.45) is 0.851. The van der Waals surface area contributed by atoms with Crippen LogP contribution in [0.4, 0.5) is 5.69 Å². The number of likely N-dealkylation sites (tertiary alicyclic amines) is 1. The Bertz CT molecular complexity index is 916. The van der Waals surface area contributed by atoms with E-state index in [0.29, 0.717) is 13.1 Å². The summed E-state index contributed by atoms with van der Waals surface area (Å²) >= 11 is 0. The fourth-order valence-electron chi connectivity index (χ4n) is 4.13. The highest BCUT2D eigenvalue weighted by atomic mass is 16.2. The number of benzene rings is 2. The fraction of sp³-hybridized carbons (Fsp3) is 0.417. The van der Waals surface area contributed by atoms with Crippen molar-refractivity contribution in [3.8, 4) is 0 Å². The molecule has 0 saturated carbocycles. The minimum absolute atomic E-state index is 0.195. The molecule has 2 aromatic rings. The zero-order chi connectivity index (χ0) is 20.5. The van der Waals surface area contributed by atoms with Crippen LogP contribution < -0.4 is 10.6 Å². The van der Waals surface area contributed by atoms with Crippen molar-refractivity contribution in [2.45, 2.75) is 45.8 Å². The highest BCUT2D eigenvalue weighted by molar-refractivity contribution is 6.04. The van der Waals surface area contributed by atoms with Gasteiger partial charge in [0, 0.05) is 30.7 Å². The van der Waals surface area contributed by atoms with Crippen LogP contribution in [0.5, 0.6) is 0 Å². The molecule has 2 aromatic carbocycles. The number of para-hydroxylation sites is 1. The van der Waals surface area contributed by atoms with Gasteiger partial charge < -0.3 is 10.2 Å². The maximum Gasteiger partial charge on any atom is 0.228 e. The van der Waals surface area contributed by atoms with Crippen molar-refractivity contribution in [1.82, 2.24) is 10.2 Å². The zero-order valence-electron chi connectivity index (χ0n) is 17.5. The largest absolute Gasteiger partial charge is 0.342 e. The number of amidine groups is 1. The van der Waals surface area contributed by atoms with E-state index in [0.717, 1.165) is 31.0 Å². The van der Waals surface area contributed by atoms with Crippen LogP contribution in [0, 0.1) is 5.41 Å². The number of amides is 1. The number of rotatable bonds is 2. The molecule has 0 aliphatic carbocycles. The minimum atomic E-state index is -0.381. The third-order valence-corrected chi connectivity index (χ3v) is 5.80. The van der Waals surface area contributed by atoms with Crippen LogP contribution in [-0.2, 0) is 17.9 Å². The van der Waals surface area contributed by atoms with Gasteiger partial charge in [-0.3, -0.25) is 15.1 Å². The quantitative estimate of drug-likeness (QED) is 0.820. The van der Waals surface area contributed by atoms with Gasteiger partial charge in [0.05, 0.1) is 12.1 Å². The lowest BCUT2D eigenvalue weighted by Gasteiger charge is -2.32. The highest BCUT2D eigenvalue weighted by Crippen LogP contribution is 2.32. The number of carbonyl (C=O) groups excluding carboxylic acids is 1. The van der Waals surface area contributed by atoms with Gasteiger partial charge in [-0.1, -0.05) is 69.3 Å². The van der Waals surface area contributed by atoms with Gasteiger partial charge in [-0.2, -0.15) is 0 Å². The van der Waals surface area contributed by atoms with Gasteiger partial charge in [0.25, 0.3) is 0 Å². The van der Waals surface area contributed by atoms with E-state index >= 15 is 0 Å². The summed E-state index contributed by atoms with van der Waals surface area (Å²) in [5.41, 5.74) is 2.75. The SMILES string of the molecule is CC(C)(C)C(=O)N1CCC2(C1)NCc1ccccc1NC2=NCc1ccccc1. The standard InChI is InChI=1S/C24H30N4O/c1-23(2,3)22(29)28-14-13-24(17-28)21(25-15-18-9-5-4-6-10-18)27-20-12-8-7-11-19(20)16-26-24/h4-12,26H,13-17H2,1-3H3,(H,25,27). The summed E-state index contributed by atoms with van der Waals surface area (Å²) < 4.78 is 0. The second-order valence-electron chi connectivity index (χ2n) is 9.09. The Morgan fingerprint density at radius 3 is 2.59 bits per heavy atom. The van der Waals surface area contributed by atoms with Crippen LogP contribution in [0.15, 0.2) is 59.6 Å². The van der Waals surface area contributed by atoms with Crippen molar-refractivity contribution < 1.29 is 4.79 Å². The van der Waals surface area contributed by atoms with Gasteiger partial charge in [0.1, 0.15) is 5.84 Å². The average molecular weight is 391 g/mol. The summed E-state index contributed by atoms with van der Waals surface area (Å²) in [5, 5.41) is 7.36. The van der Waals surface area contributed by atoms with E-state index in [1.807, 2.05) is 49.9 Å². The van der Waals surface area contributed by atoms with E-state index in [1.54, 1.807) is 0 Å². The van der Waals surface area contributed by atoms with Crippen molar-refractivity contribution in [3.63, 3.8) is 0 Å². The molecule has 29 heavy (non-hydrogen) atoms. The molecule has 152 valence electrons. The Kier molecular flexibility index (Phi) is 5.17. The van der Waals surface area contributed by atoms with Crippen molar-refractivity contribution in [2.75, 3.05) is 18.4 Å². The van der Waals surface area contributed by atoms with Gasteiger partial charge in [-0.05, 0) is 23.6 Å². The second kappa shape index (κ2) is 7.64. The molecule has 1 spiro atoms. The number of nitrogens with one attached hydrogen (secondary N) is 2. The molecule has 1 saturated heterocycles. The van der Waals surface area contributed by atoms with Crippen LogP contribution in [0.25, 0.3) is 0 Å². The first kappa shape index (κ1) is 19.6. The first-order valence-electron chi connectivity index (χ1n) is 10.4. The number of fused-ring (bicyclic) bond motifs is 1. The molecule has 1 amide bonds. The molecule has 0 aromatic heterocycles. The summed E-state index contributed by atoms with van der Waals surface area (Å²) in [4.78, 5) is 19.9. The Hall–Kier alpha value is -2.66. The lowest BCUT2D eigenvalue weighted by atomic mass is 9.94. The molecule has 5 heteroatoms. The van der Waals surface area contributed by atoms with E-state index in [1.165, 1.54) is 11.1 Å². The van der Waals surface area contributed by atoms with Crippen LogP contribution in [0.2, 0.25) is 0 Å². The van der Waals surface area contributed by atoms with Gasteiger partial charge in [0.15, 0.2) is 0 Å². The summed E-state index contributed by atoms with van der Waals surface area (Å²) in [6, 6.07) is 18.6. The molecule has 2 heterocycles. The van der Waals surface area contributed by atoms with Gasteiger partial charge >= 0.3 is 0 Å². The predicted octanol–water partition coefficient (Wildman–Crippen LogP) is 3.82. The molecular formula is C24H30N4O. The molecule has 5 nitrogen and oxygen atoms in total. The number of nitrogens with zero attached hydrogens (tertiary/aromatic N) is 2. The van der Waals surface area contributed by atoms with Gasteiger partial charge in [0.2, 0.25) is 5.91 Å². The Labute approximate surface area is 173 Å². The predicted molar refractivity (Wildman–Crippen MR) is 118 cm³/mol. The summed E-state index contributed by atoms with van der Waals surface area (Å²) in [6.45, 7) is 8.70. The fourth-order valence-corrected chi connectivity index (χ4v) is 4.13.